The molecule has 5 heteroatoms. The average Bonchev–Trinajstić information content (AvgIpc) is 2.88. The number of hydrogen-bond acceptors (Lipinski definition) is 5. The van der Waals surface area contributed by atoms with Crippen molar-refractivity contribution in [1.82, 2.24) is 10.1 Å². The van der Waals surface area contributed by atoms with Crippen molar-refractivity contribution >= 4 is 0 Å². The first-order chi connectivity index (χ1) is 9.29. The molecule has 0 aliphatic heterocycles. The van der Waals surface area contributed by atoms with Crippen LogP contribution in [0.5, 0.6) is 0 Å². The minimum Gasteiger partial charge on any atom is -0.388 e. The van der Waals surface area contributed by atoms with E-state index < -0.39 is 6.10 Å². The molecule has 102 valence electrons. The number of hydrogen-bond donors (Lipinski definition) is 1. The number of rotatable bonds is 7. The monoisotopic (exact) mass is 262 g/mol. The summed E-state index contributed by atoms with van der Waals surface area (Å²) in [6, 6.07) is 9.43. The van der Waals surface area contributed by atoms with Crippen molar-refractivity contribution in [2.45, 2.75) is 25.9 Å². The van der Waals surface area contributed by atoms with Crippen molar-refractivity contribution in [3.05, 3.63) is 47.6 Å². The van der Waals surface area contributed by atoms with Crippen LogP contribution >= 0.6 is 0 Å². The summed E-state index contributed by atoms with van der Waals surface area (Å²) in [7, 11) is 0. The molecule has 0 aliphatic rings. The summed E-state index contributed by atoms with van der Waals surface area (Å²) in [5.74, 6) is 1.06. The molecular weight excluding hydrogens is 244 g/mol. The fourth-order valence-corrected chi connectivity index (χ4v) is 1.74. The third kappa shape index (κ3) is 4.15. The lowest BCUT2D eigenvalue weighted by Crippen LogP contribution is -2.03. The van der Waals surface area contributed by atoms with E-state index in [4.69, 9.17) is 9.26 Å². The molecule has 0 spiro atoms. The van der Waals surface area contributed by atoms with Crippen LogP contribution in [0.15, 0.2) is 34.9 Å². The van der Waals surface area contributed by atoms with Crippen LogP contribution in [0.2, 0.25) is 0 Å². The van der Waals surface area contributed by atoms with Crippen LogP contribution in [-0.4, -0.2) is 28.5 Å². The quantitative estimate of drug-likeness (QED) is 0.772. The SMILES string of the molecule is CCOCCc1noc(CC(O)c2ccccc2)n1. The second-order valence-corrected chi connectivity index (χ2v) is 4.18. The van der Waals surface area contributed by atoms with Gasteiger partial charge >= 0.3 is 0 Å². The van der Waals surface area contributed by atoms with E-state index in [0.717, 1.165) is 5.56 Å². The van der Waals surface area contributed by atoms with E-state index in [1.165, 1.54) is 0 Å². The molecule has 1 unspecified atom stereocenters. The van der Waals surface area contributed by atoms with Crippen molar-refractivity contribution in [3.8, 4) is 0 Å². The summed E-state index contributed by atoms with van der Waals surface area (Å²) in [6.45, 7) is 3.20. The Kier molecular flexibility index (Phi) is 5.06. The standard InChI is InChI=1S/C14H18N2O3/c1-2-18-9-8-13-15-14(19-16-13)10-12(17)11-6-4-3-5-7-11/h3-7,12,17H,2,8-10H2,1H3. The lowest BCUT2D eigenvalue weighted by atomic mass is 10.1. The van der Waals surface area contributed by atoms with E-state index >= 15 is 0 Å². The van der Waals surface area contributed by atoms with Gasteiger partial charge in [0.05, 0.1) is 19.1 Å². The van der Waals surface area contributed by atoms with E-state index in [1.54, 1.807) is 0 Å². The fourth-order valence-electron chi connectivity index (χ4n) is 1.74. The number of ether oxygens (including phenoxy) is 1. The Morgan fingerprint density at radius 1 is 1.32 bits per heavy atom. The molecule has 1 aromatic carbocycles. The molecule has 0 amide bonds. The van der Waals surface area contributed by atoms with Gasteiger partial charge in [0.15, 0.2) is 5.82 Å². The second kappa shape index (κ2) is 7.01. The van der Waals surface area contributed by atoms with Crippen LogP contribution < -0.4 is 0 Å². The third-order valence-corrected chi connectivity index (χ3v) is 2.74. The van der Waals surface area contributed by atoms with Gasteiger partial charge in [-0.25, -0.2) is 0 Å². The maximum atomic E-state index is 10.0. The van der Waals surface area contributed by atoms with Gasteiger partial charge in [-0.05, 0) is 12.5 Å². The number of aliphatic hydroxyl groups is 1. The first-order valence-electron chi connectivity index (χ1n) is 6.41. The Morgan fingerprint density at radius 3 is 2.84 bits per heavy atom. The molecule has 2 rings (SSSR count). The topological polar surface area (TPSA) is 68.4 Å². The number of benzene rings is 1. The third-order valence-electron chi connectivity index (χ3n) is 2.74. The van der Waals surface area contributed by atoms with Crippen LogP contribution in [-0.2, 0) is 17.6 Å². The zero-order valence-electron chi connectivity index (χ0n) is 11.0. The van der Waals surface area contributed by atoms with Crippen molar-refractivity contribution in [3.63, 3.8) is 0 Å². The van der Waals surface area contributed by atoms with Crippen LogP contribution in [0.4, 0.5) is 0 Å². The molecule has 2 aromatic rings. The van der Waals surface area contributed by atoms with Gasteiger partial charge in [0.2, 0.25) is 5.89 Å². The molecule has 1 atom stereocenters. The summed E-state index contributed by atoms with van der Waals surface area (Å²) in [4.78, 5) is 4.23. The first kappa shape index (κ1) is 13.7. The molecule has 1 aromatic heterocycles. The van der Waals surface area contributed by atoms with Gasteiger partial charge in [0.1, 0.15) is 0 Å². The zero-order chi connectivity index (χ0) is 13.5. The molecule has 0 saturated carbocycles. The van der Waals surface area contributed by atoms with Gasteiger partial charge in [0.25, 0.3) is 0 Å². The lowest BCUT2D eigenvalue weighted by molar-refractivity contribution is 0.149. The highest BCUT2D eigenvalue weighted by Gasteiger charge is 2.13. The van der Waals surface area contributed by atoms with Crippen molar-refractivity contribution in [2.24, 2.45) is 0 Å². The van der Waals surface area contributed by atoms with Crippen molar-refractivity contribution < 1.29 is 14.4 Å². The van der Waals surface area contributed by atoms with Crippen molar-refractivity contribution in [1.29, 1.82) is 0 Å². The summed E-state index contributed by atoms with van der Waals surface area (Å²) < 4.78 is 10.3. The highest BCUT2D eigenvalue weighted by Crippen LogP contribution is 2.16. The molecule has 5 nitrogen and oxygen atoms in total. The lowest BCUT2D eigenvalue weighted by Gasteiger charge is -2.07. The van der Waals surface area contributed by atoms with E-state index in [0.29, 0.717) is 37.8 Å². The fraction of sp³-hybridized carbons (Fsp3) is 0.429. The zero-order valence-corrected chi connectivity index (χ0v) is 11.0. The van der Waals surface area contributed by atoms with E-state index in [2.05, 4.69) is 10.1 Å². The van der Waals surface area contributed by atoms with E-state index in [9.17, 15) is 5.11 Å². The van der Waals surface area contributed by atoms with Crippen LogP contribution in [0.25, 0.3) is 0 Å². The molecule has 0 saturated heterocycles. The highest BCUT2D eigenvalue weighted by atomic mass is 16.5. The van der Waals surface area contributed by atoms with Gasteiger partial charge < -0.3 is 14.4 Å². The Bertz CT molecular complexity index is 484. The average molecular weight is 262 g/mol. The van der Waals surface area contributed by atoms with Gasteiger partial charge in [-0.1, -0.05) is 35.5 Å². The first-order valence-corrected chi connectivity index (χ1v) is 6.41. The summed E-state index contributed by atoms with van der Waals surface area (Å²) >= 11 is 0. The maximum Gasteiger partial charge on any atom is 0.229 e. The van der Waals surface area contributed by atoms with E-state index in [-0.39, 0.29) is 0 Å². The Balaban J connectivity index is 1.89. The predicted molar refractivity (Wildman–Crippen MR) is 69.6 cm³/mol. The van der Waals surface area contributed by atoms with Gasteiger partial charge in [-0.2, -0.15) is 4.98 Å². The Morgan fingerprint density at radius 2 is 2.11 bits per heavy atom. The van der Waals surface area contributed by atoms with Crippen LogP contribution in [0.1, 0.15) is 30.3 Å². The molecule has 1 heterocycles. The highest BCUT2D eigenvalue weighted by molar-refractivity contribution is 5.18. The molecule has 0 aliphatic carbocycles. The van der Waals surface area contributed by atoms with Gasteiger partial charge in [-0.3, -0.25) is 0 Å². The van der Waals surface area contributed by atoms with Crippen LogP contribution in [0, 0.1) is 0 Å². The second-order valence-electron chi connectivity index (χ2n) is 4.18. The van der Waals surface area contributed by atoms with Gasteiger partial charge in [-0.15, -0.1) is 0 Å². The smallest absolute Gasteiger partial charge is 0.229 e. The van der Waals surface area contributed by atoms with Crippen molar-refractivity contribution in [2.75, 3.05) is 13.2 Å². The minimum atomic E-state index is -0.624. The summed E-state index contributed by atoms with van der Waals surface area (Å²) in [5, 5.41) is 13.9. The largest absolute Gasteiger partial charge is 0.388 e. The normalized spacial score (nSPS) is 12.5. The molecule has 0 fully saturated rings. The minimum absolute atomic E-state index is 0.325. The molecular formula is C14H18N2O3. The summed E-state index contributed by atoms with van der Waals surface area (Å²) in [5.41, 5.74) is 0.844. The molecule has 1 N–H and O–H groups in total. The van der Waals surface area contributed by atoms with Crippen LogP contribution in [0.3, 0.4) is 0 Å². The Labute approximate surface area is 112 Å². The van der Waals surface area contributed by atoms with E-state index in [1.807, 2.05) is 37.3 Å². The number of nitrogens with zero attached hydrogens (tertiary/aromatic N) is 2. The maximum absolute atomic E-state index is 10.0. The molecule has 0 bridgehead atoms. The molecule has 0 radical (unpaired) electrons. The predicted octanol–water partition coefficient (Wildman–Crippen LogP) is 1.92. The Hall–Kier alpha value is -1.72. The van der Waals surface area contributed by atoms with Gasteiger partial charge in [0, 0.05) is 13.0 Å². The number of aliphatic hydroxyl groups excluding tert-OH is 1. The molecule has 19 heavy (non-hydrogen) atoms. The summed E-state index contributed by atoms with van der Waals surface area (Å²) in [6.07, 6.45) is 0.325. The number of aromatic nitrogens is 2.